The predicted octanol–water partition coefficient (Wildman–Crippen LogP) is 13.1. The van der Waals surface area contributed by atoms with Gasteiger partial charge in [0, 0.05) is 12.8 Å². The lowest BCUT2D eigenvalue weighted by Crippen LogP contribution is -2.37. The lowest BCUT2D eigenvalue weighted by atomic mass is 10.1. The molecule has 0 aliphatic carbocycles. The molecule has 0 bridgehead atoms. The molecule has 0 aromatic rings. The molecule has 0 spiro atoms. The molecule has 340 valence electrons. The first kappa shape index (κ1) is 56.7. The van der Waals surface area contributed by atoms with E-state index in [-0.39, 0.29) is 26.1 Å². The maximum Gasteiger partial charge on any atom is 0.472 e. The summed E-state index contributed by atoms with van der Waals surface area (Å²) in [5, 5.41) is 0. The van der Waals surface area contributed by atoms with E-state index in [2.05, 4.69) is 117 Å². The highest BCUT2D eigenvalue weighted by Gasteiger charge is 2.27. The highest BCUT2D eigenvalue weighted by Crippen LogP contribution is 2.43. The van der Waals surface area contributed by atoms with Crippen LogP contribution >= 0.6 is 7.82 Å². The van der Waals surface area contributed by atoms with Gasteiger partial charge < -0.3 is 18.9 Å². The number of nitrogens with zero attached hydrogens (tertiary/aromatic N) is 1. The molecule has 0 saturated carbocycles. The van der Waals surface area contributed by atoms with E-state index >= 15 is 0 Å². The smallest absolute Gasteiger partial charge is 0.462 e. The Bertz CT molecular complexity index is 1380. The van der Waals surface area contributed by atoms with Crippen molar-refractivity contribution in [3.63, 3.8) is 0 Å². The van der Waals surface area contributed by atoms with E-state index in [0.29, 0.717) is 23.9 Å². The topological polar surface area (TPSA) is 108 Å². The van der Waals surface area contributed by atoms with Gasteiger partial charge in [-0.05, 0) is 96.3 Å². The van der Waals surface area contributed by atoms with Crippen LogP contribution in [0.25, 0.3) is 0 Å². The van der Waals surface area contributed by atoms with Crippen LogP contribution in [0.3, 0.4) is 0 Å². The molecule has 0 heterocycles. The minimum Gasteiger partial charge on any atom is -0.462 e. The number of rotatable bonds is 39. The van der Waals surface area contributed by atoms with Crippen LogP contribution in [0.15, 0.2) is 109 Å². The highest BCUT2D eigenvalue weighted by molar-refractivity contribution is 7.47. The number of phosphoric acid groups is 1. The summed E-state index contributed by atoms with van der Waals surface area (Å²) in [4.78, 5) is 35.4. The third-order valence-corrected chi connectivity index (χ3v) is 9.77. The lowest BCUT2D eigenvalue weighted by molar-refractivity contribution is -0.870. The number of likely N-dealkylation sites (N-methyl/N-ethyl adjacent to an activating group) is 1. The van der Waals surface area contributed by atoms with Crippen molar-refractivity contribution < 1.29 is 42.1 Å². The van der Waals surface area contributed by atoms with Crippen LogP contribution in [0.4, 0.5) is 0 Å². The molecule has 0 aliphatic heterocycles. The van der Waals surface area contributed by atoms with Gasteiger partial charge in [-0.2, -0.15) is 0 Å². The molecular weight excluding hydrogens is 774 g/mol. The third-order valence-electron chi connectivity index (χ3n) is 8.79. The van der Waals surface area contributed by atoms with Crippen molar-refractivity contribution in [1.82, 2.24) is 0 Å². The van der Waals surface area contributed by atoms with Gasteiger partial charge in [0.25, 0.3) is 0 Å². The second kappa shape index (κ2) is 41.0. The Balaban J connectivity index is 4.53. The maximum atomic E-state index is 12.7. The molecule has 2 atom stereocenters. The Morgan fingerprint density at radius 3 is 1.43 bits per heavy atom. The molecule has 10 heteroatoms. The zero-order valence-electron chi connectivity index (χ0n) is 38.1. The van der Waals surface area contributed by atoms with Crippen molar-refractivity contribution in [3.05, 3.63) is 109 Å². The van der Waals surface area contributed by atoms with Crippen molar-refractivity contribution in [2.24, 2.45) is 0 Å². The largest absolute Gasteiger partial charge is 0.472 e. The molecule has 0 aromatic heterocycles. The number of ether oxygens (including phenoxy) is 2. The summed E-state index contributed by atoms with van der Waals surface area (Å²) in [6.07, 6.45) is 55.7. The van der Waals surface area contributed by atoms with Crippen molar-refractivity contribution in [2.45, 2.75) is 148 Å². The summed E-state index contributed by atoms with van der Waals surface area (Å²) in [6.45, 7) is 4.14. The molecule has 1 N–H and O–H groups in total. The first-order valence-electron chi connectivity index (χ1n) is 22.6. The molecule has 60 heavy (non-hydrogen) atoms. The van der Waals surface area contributed by atoms with E-state index in [1.807, 2.05) is 27.2 Å². The average molecular weight is 857 g/mol. The minimum atomic E-state index is -4.41. The van der Waals surface area contributed by atoms with Crippen LogP contribution in [0.1, 0.15) is 142 Å². The van der Waals surface area contributed by atoms with Gasteiger partial charge in [0.05, 0.1) is 27.7 Å². The van der Waals surface area contributed by atoms with Gasteiger partial charge >= 0.3 is 19.8 Å². The first-order valence-corrected chi connectivity index (χ1v) is 24.1. The van der Waals surface area contributed by atoms with Gasteiger partial charge in [0.15, 0.2) is 6.10 Å². The minimum absolute atomic E-state index is 0.00959. The molecule has 0 saturated heterocycles. The van der Waals surface area contributed by atoms with Crippen molar-refractivity contribution in [1.29, 1.82) is 0 Å². The van der Waals surface area contributed by atoms with Crippen molar-refractivity contribution in [2.75, 3.05) is 47.5 Å². The molecular formula is C50H83NO8P+. The zero-order chi connectivity index (χ0) is 44.3. The Hall–Kier alpha value is -3.33. The second-order valence-electron chi connectivity index (χ2n) is 15.7. The summed E-state index contributed by atoms with van der Waals surface area (Å²) in [5.74, 6) is -0.916. The Morgan fingerprint density at radius 2 is 0.967 bits per heavy atom. The fourth-order valence-electron chi connectivity index (χ4n) is 5.27. The van der Waals surface area contributed by atoms with Crippen molar-refractivity contribution >= 4 is 19.8 Å². The second-order valence-corrected chi connectivity index (χ2v) is 17.1. The van der Waals surface area contributed by atoms with E-state index < -0.39 is 32.5 Å². The van der Waals surface area contributed by atoms with Crippen LogP contribution in [0.5, 0.6) is 0 Å². The first-order chi connectivity index (χ1) is 29.0. The molecule has 0 aliphatic rings. The molecule has 0 rings (SSSR count). The van der Waals surface area contributed by atoms with Gasteiger partial charge in [0.1, 0.15) is 19.8 Å². The number of carbonyl (C=O) groups is 2. The van der Waals surface area contributed by atoms with Crippen LogP contribution in [-0.4, -0.2) is 74.9 Å². The monoisotopic (exact) mass is 857 g/mol. The zero-order valence-corrected chi connectivity index (χ0v) is 39.0. The Labute approximate surface area is 366 Å². The van der Waals surface area contributed by atoms with Crippen LogP contribution in [0, 0.1) is 0 Å². The fourth-order valence-corrected chi connectivity index (χ4v) is 6.01. The Kier molecular flexibility index (Phi) is 38.8. The number of hydrogen-bond acceptors (Lipinski definition) is 7. The summed E-state index contributed by atoms with van der Waals surface area (Å²) >= 11 is 0. The summed E-state index contributed by atoms with van der Waals surface area (Å²) in [6, 6.07) is 0. The maximum absolute atomic E-state index is 12.7. The molecule has 9 nitrogen and oxygen atoms in total. The number of hydrogen-bond donors (Lipinski definition) is 1. The van der Waals surface area contributed by atoms with Gasteiger partial charge in [-0.25, -0.2) is 4.57 Å². The number of quaternary nitrogens is 1. The SMILES string of the molecule is CC/C=C\C/C=C\C/C=C\C/C=C\C/C=C\CCCC(=O)OC[C@H](COP(=O)(O)OCC[N+](C)(C)C)OC(=O)CCCCC/C=C\C/C=C\C/C=C\C/C=C\CCCCC. The summed E-state index contributed by atoms with van der Waals surface area (Å²) in [7, 11) is 1.40. The van der Waals surface area contributed by atoms with E-state index in [9.17, 15) is 19.0 Å². The predicted molar refractivity (Wildman–Crippen MR) is 251 cm³/mol. The summed E-state index contributed by atoms with van der Waals surface area (Å²) < 4.78 is 34.2. The summed E-state index contributed by atoms with van der Waals surface area (Å²) in [5.41, 5.74) is 0. The average Bonchev–Trinajstić information content (AvgIpc) is 3.20. The van der Waals surface area contributed by atoms with Crippen LogP contribution in [-0.2, 0) is 32.7 Å². The van der Waals surface area contributed by atoms with E-state index in [1.54, 1.807) is 0 Å². The fraction of sp³-hybridized carbons (Fsp3) is 0.600. The van der Waals surface area contributed by atoms with E-state index in [0.717, 1.165) is 77.0 Å². The Morgan fingerprint density at radius 1 is 0.533 bits per heavy atom. The van der Waals surface area contributed by atoms with Gasteiger partial charge in [-0.3, -0.25) is 18.6 Å². The van der Waals surface area contributed by atoms with Gasteiger partial charge in [-0.1, -0.05) is 142 Å². The van der Waals surface area contributed by atoms with Crippen molar-refractivity contribution in [3.8, 4) is 0 Å². The van der Waals surface area contributed by atoms with Gasteiger partial charge in [0.2, 0.25) is 0 Å². The lowest BCUT2D eigenvalue weighted by Gasteiger charge is -2.24. The number of phosphoric ester groups is 1. The number of carbonyl (C=O) groups excluding carboxylic acids is 2. The highest BCUT2D eigenvalue weighted by atomic mass is 31.2. The molecule has 0 aromatic carbocycles. The molecule has 0 fully saturated rings. The molecule has 0 radical (unpaired) electrons. The van der Waals surface area contributed by atoms with E-state index in [1.165, 1.54) is 25.7 Å². The number of unbranched alkanes of at least 4 members (excludes halogenated alkanes) is 7. The quantitative estimate of drug-likeness (QED) is 0.0214. The molecule has 0 amide bonds. The van der Waals surface area contributed by atoms with E-state index in [4.69, 9.17) is 18.5 Å². The van der Waals surface area contributed by atoms with Crippen LogP contribution < -0.4 is 0 Å². The molecule has 1 unspecified atom stereocenters. The third kappa shape index (κ3) is 44.2. The van der Waals surface area contributed by atoms with Gasteiger partial charge in [-0.15, -0.1) is 0 Å². The number of esters is 2. The number of allylic oxidation sites excluding steroid dienone is 18. The standard InChI is InChI=1S/C50H82NO8P/c1-6-8-10-12-14-16-18-20-22-24-25-27-29-31-33-35-37-39-41-43-50(53)59-48(47-58-60(54,55)57-45-44-51(3,4)5)46-56-49(52)42-40-38-36-34-32-30-28-26-23-21-19-17-15-13-11-9-7-2/h9,11,14-17,20-23,25,27-28,30-31,33-34,36,48H,6-8,10,12-13,18-19,24,26,29,32,35,37-47H2,1-5H3/p+1/b11-9-,16-14-,17-15-,22-20-,23-21-,27-25-,30-28-,33-31-,36-34-/t48-/m1/s1. The van der Waals surface area contributed by atoms with Crippen LogP contribution in [0.2, 0.25) is 0 Å². The normalized spacial score (nSPS) is 14.6.